The zero-order valence-electron chi connectivity index (χ0n) is 19.3. The molecule has 1 amide bonds. The SMILES string of the molecule is COc1ccc(C)cc1N(CC(=O)Nc1ccc(-c2nc3ccc(C)cc3s2)cc1)S(C)(=O)=O. The summed E-state index contributed by atoms with van der Waals surface area (Å²) in [5.74, 6) is -0.0867. The van der Waals surface area contributed by atoms with Gasteiger partial charge in [-0.1, -0.05) is 12.1 Å². The fourth-order valence-electron chi connectivity index (χ4n) is 3.56. The molecule has 4 aromatic rings. The highest BCUT2D eigenvalue weighted by atomic mass is 32.2. The highest BCUT2D eigenvalue weighted by molar-refractivity contribution is 7.92. The van der Waals surface area contributed by atoms with Crippen molar-refractivity contribution in [3.05, 3.63) is 71.8 Å². The predicted molar refractivity (Wildman–Crippen MR) is 138 cm³/mol. The summed E-state index contributed by atoms with van der Waals surface area (Å²) in [6.07, 6.45) is 1.07. The Bertz CT molecular complexity index is 1460. The summed E-state index contributed by atoms with van der Waals surface area (Å²) in [6, 6.07) is 18.7. The summed E-state index contributed by atoms with van der Waals surface area (Å²) in [5, 5.41) is 3.67. The number of nitrogens with zero attached hydrogens (tertiary/aromatic N) is 2. The highest BCUT2D eigenvalue weighted by Crippen LogP contribution is 2.32. The molecule has 34 heavy (non-hydrogen) atoms. The number of aromatic nitrogens is 1. The smallest absolute Gasteiger partial charge is 0.245 e. The van der Waals surface area contributed by atoms with Crippen LogP contribution in [0.15, 0.2) is 60.7 Å². The van der Waals surface area contributed by atoms with Crippen LogP contribution < -0.4 is 14.4 Å². The van der Waals surface area contributed by atoms with Crippen LogP contribution in [0, 0.1) is 13.8 Å². The lowest BCUT2D eigenvalue weighted by atomic mass is 10.2. The van der Waals surface area contributed by atoms with Gasteiger partial charge >= 0.3 is 0 Å². The van der Waals surface area contributed by atoms with E-state index in [1.54, 1.807) is 35.6 Å². The van der Waals surface area contributed by atoms with Crippen LogP contribution in [0.1, 0.15) is 11.1 Å². The summed E-state index contributed by atoms with van der Waals surface area (Å²) in [5.41, 5.74) is 4.82. The van der Waals surface area contributed by atoms with Gasteiger partial charge in [-0.25, -0.2) is 13.4 Å². The van der Waals surface area contributed by atoms with Crippen LogP contribution in [0.4, 0.5) is 11.4 Å². The van der Waals surface area contributed by atoms with Crippen molar-refractivity contribution in [2.24, 2.45) is 0 Å². The Morgan fingerprint density at radius 1 is 1.03 bits per heavy atom. The number of thiazole rings is 1. The summed E-state index contributed by atoms with van der Waals surface area (Å²) in [6.45, 7) is 3.52. The lowest BCUT2D eigenvalue weighted by Gasteiger charge is -2.24. The van der Waals surface area contributed by atoms with Crippen LogP contribution in [0.2, 0.25) is 0 Å². The average molecular weight is 496 g/mol. The van der Waals surface area contributed by atoms with Crippen molar-refractivity contribution < 1.29 is 17.9 Å². The van der Waals surface area contributed by atoms with Gasteiger partial charge in [-0.05, 0) is 73.5 Å². The van der Waals surface area contributed by atoms with E-state index in [4.69, 9.17) is 4.74 Å². The standard InChI is InChI=1S/C25H25N3O4S2/c1-16-6-12-22(32-3)21(13-16)28(34(4,30)31)15-24(29)26-19-9-7-18(8-10-19)25-27-20-11-5-17(2)14-23(20)33-25/h5-14H,15H2,1-4H3,(H,26,29). The number of carbonyl (C=O) groups is 1. The van der Waals surface area contributed by atoms with Crippen molar-refractivity contribution in [1.29, 1.82) is 0 Å². The fourth-order valence-corrected chi connectivity index (χ4v) is 5.48. The number of sulfonamides is 1. The molecule has 0 fully saturated rings. The highest BCUT2D eigenvalue weighted by Gasteiger charge is 2.24. The molecule has 176 valence electrons. The lowest BCUT2D eigenvalue weighted by Crippen LogP contribution is -2.37. The maximum absolute atomic E-state index is 12.8. The van der Waals surface area contributed by atoms with Gasteiger partial charge < -0.3 is 10.1 Å². The number of hydrogen-bond donors (Lipinski definition) is 1. The lowest BCUT2D eigenvalue weighted by molar-refractivity contribution is -0.114. The quantitative estimate of drug-likeness (QED) is 0.390. The number of ether oxygens (including phenoxy) is 1. The molecule has 0 bridgehead atoms. The van der Waals surface area contributed by atoms with E-state index in [0.717, 1.165) is 36.9 Å². The molecule has 0 aliphatic carbocycles. The second-order valence-corrected chi connectivity index (χ2v) is 11.0. The van der Waals surface area contributed by atoms with Gasteiger partial charge in [-0.2, -0.15) is 0 Å². The topological polar surface area (TPSA) is 88.6 Å². The largest absolute Gasteiger partial charge is 0.495 e. The minimum Gasteiger partial charge on any atom is -0.495 e. The molecule has 0 atom stereocenters. The predicted octanol–water partition coefficient (Wildman–Crippen LogP) is 4.99. The number of rotatable bonds is 7. The Hall–Kier alpha value is -3.43. The van der Waals surface area contributed by atoms with Gasteiger partial charge in [0.25, 0.3) is 0 Å². The van der Waals surface area contributed by atoms with E-state index in [-0.39, 0.29) is 6.54 Å². The molecular weight excluding hydrogens is 470 g/mol. The molecule has 1 aromatic heterocycles. The van der Waals surface area contributed by atoms with Crippen molar-refractivity contribution >= 4 is 48.9 Å². The number of aryl methyl sites for hydroxylation is 2. The fraction of sp³-hybridized carbons (Fsp3) is 0.200. The monoisotopic (exact) mass is 495 g/mol. The van der Waals surface area contributed by atoms with Gasteiger partial charge in [0, 0.05) is 11.3 Å². The number of anilines is 2. The third-order valence-electron chi connectivity index (χ3n) is 5.25. The van der Waals surface area contributed by atoms with Gasteiger partial charge in [-0.15, -0.1) is 11.3 Å². The molecule has 0 aliphatic rings. The van der Waals surface area contributed by atoms with E-state index in [1.807, 2.05) is 37.3 Å². The Labute approximate surface area is 203 Å². The molecule has 0 unspecified atom stereocenters. The molecule has 9 heteroatoms. The first-order chi connectivity index (χ1) is 16.1. The van der Waals surface area contributed by atoms with E-state index in [0.29, 0.717) is 17.1 Å². The third kappa shape index (κ3) is 5.21. The first-order valence-electron chi connectivity index (χ1n) is 10.5. The van der Waals surface area contributed by atoms with Crippen LogP contribution in [0.25, 0.3) is 20.8 Å². The van der Waals surface area contributed by atoms with Crippen molar-refractivity contribution in [2.45, 2.75) is 13.8 Å². The minimum absolute atomic E-state index is 0.321. The maximum atomic E-state index is 12.8. The van der Waals surface area contributed by atoms with E-state index in [9.17, 15) is 13.2 Å². The van der Waals surface area contributed by atoms with Gasteiger partial charge in [-0.3, -0.25) is 9.10 Å². The van der Waals surface area contributed by atoms with Gasteiger partial charge in [0.15, 0.2) is 0 Å². The molecule has 0 saturated heterocycles. The van der Waals surface area contributed by atoms with Crippen molar-refractivity contribution in [2.75, 3.05) is 29.5 Å². The number of methoxy groups -OCH3 is 1. The first kappa shape index (κ1) is 23.7. The van der Waals surface area contributed by atoms with Crippen LogP contribution in [0.3, 0.4) is 0 Å². The van der Waals surface area contributed by atoms with Crippen molar-refractivity contribution in [3.63, 3.8) is 0 Å². The minimum atomic E-state index is -3.73. The van der Waals surface area contributed by atoms with Gasteiger partial charge in [0.05, 0.1) is 29.3 Å². The van der Waals surface area contributed by atoms with Crippen LogP contribution in [0.5, 0.6) is 5.75 Å². The zero-order chi connectivity index (χ0) is 24.5. The second kappa shape index (κ2) is 9.44. The normalized spacial score (nSPS) is 11.4. The molecule has 0 aliphatic heterocycles. The molecule has 1 heterocycles. The molecule has 3 aromatic carbocycles. The molecule has 4 rings (SSSR count). The number of benzene rings is 3. The van der Waals surface area contributed by atoms with Crippen molar-refractivity contribution in [3.8, 4) is 16.3 Å². The Kier molecular flexibility index (Phi) is 6.58. The first-order valence-corrected chi connectivity index (χ1v) is 13.2. The Morgan fingerprint density at radius 3 is 2.38 bits per heavy atom. The van der Waals surface area contributed by atoms with Crippen molar-refractivity contribution in [1.82, 2.24) is 4.98 Å². The van der Waals surface area contributed by atoms with E-state index in [1.165, 1.54) is 12.7 Å². The molecule has 0 spiro atoms. The summed E-state index contributed by atoms with van der Waals surface area (Å²) in [7, 11) is -2.27. The molecule has 1 N–H and O–H groups in total. The van der Waals surface area contributed by atoms with Crippen LogP contribution in [-0.4, -0.2) is 39.2 Å². The number of fused-ring (bicyclic) bond motifs is 1. The molecule has 0 saturated carbocycles. The average Bonchev–Trinajstić information content (AvgIpc) is 3.20. The summed E-state index contributed by atoms with van der Waals surface area (Å²) < 4.78 is 32.4. The second-order valence-electron chi connectivity index (χ2n) is 8.06. The van der Waals surface area contributed by atoms with Gasteiger partial charge in [0.1, 0.15) is 17.3 Å². The van der Waals surface area contributed by atoms with Crippen LogP contribution in [-0.2, 0) is 14.8 Å². The summed E-state index contributed by atoms with van der Waals surface area (Å²) in [4.78, 5) is 17.4. The number of nitrogens with one attached hydrogen (secondary N) is 1. The van der Waals surface area contributed by atoms with E-state index < -0.39 is 15.9 Å². The Morgan fingerprint density at radius 2 is 1.71 bits per heavy atom. The number of carbonyl (C=O) groups excluding carboxylic acids is 1. The van der Waals surface area contributed by atoms with Gasteiger partial charge in [0.2, 0.25) is 15.9 Å². The third-order valence-corrected chi connectivity index (χ3v) is 7.44. The van der Waals surface area contributed by atoms with E-state index in [2.05, 4.69) is 23.3 Å². The zero-order valence-corrected chi connectivity index (χ0v) is 21.0. The maximum Gasteiger partial charge on any atom is 0.245 e. The molecule has 0 radical (unpaired) electrons. The molecule has 7 nitrogen and oxygen atoms in total. The number of hydrogen-bond acceptors (Lipinski definition) is 6. The van der Waals surface area contributed by atoms with E-state index >= 15 is 0 Å². The van der Waals surface area contributed by atoms with Crippen LogP contribution >= 0.6 is 11.3 Å². The summed E-state index contributed by atoms with van der Waals surface area (Å²) >= 11 is 1.61. The molecular formula is C25H25N3O4S2. The Balaban J connectivity index is 1.52. The number of amides is 1.